The first-order valence-corrected chi connectivity index (χ1v) is 11.5. The summed E-state index contributed by atoms with van der Waals surface area (Å²) in [6.45, 7) is 3.77. The molecule has 4 unspecified atom stereocenters. The summed E-state index contributed by atoms with van der Waals surface area (Å²) in [6, 6.07) is 0.885. The number of carbonyl (C=O) groups is 5. The van der Waals surface area contributed by atoms with E-state index in [0.29, 0.717) is 12.0 Å². The maximum atomic E-state index is 13.0. The average Bonchev–Trinajstić information content (AvgIpc) is 2.76. The summed E-state index contributed by atoms with van der Waals surface area (Å²) in [5.41, 5.74) is 6.52. The van der Waals surface area contributed by atoms with Crippen molar-refractivity contribution >= 4 is 42.3 Å². The molecule has 1 aromatic carbocycles. The van der Waals surface area contributed by atoms with Crippen molar-refractivity contribution < 1.29 is 39.3 Å². The number of carboxylic acids is 2. The van der Waals surface area contributed by atoms with Gasteiger partial charge in [-0.15, -0.1) is 0 Å². The topological polar surface area (TPSA) is 208 Å². The van der Waals surface area contributed by atoms with E-state index in [2.05, 4.69) is 28.6 Å². The number of aliphatic carboxylic acids is 2. The van der Waals surface area contributed by atoms with Gasteiger partial charge in [0.25, 0.3) is 0 Å². The van der Waals surface area contributed by atoms with Crippen LogP contribution in [0.2, 0.25) is 0 Å². The molecular formula is C22H32N4O8S. The highest BCUT2D eigenvalue weighted by Crippen LogP contribution is 2.12. The molecule has 0 heterocycles. The number of amides is 3. The Balaban J connectivity index is 3.02. The van der Waals surface area contributed by atoms with Gasteiger partial charge >= 0.3 is 11.9 Å². The Kier molecular flexibility index (Phi) is 12.0. The fourth-order valence-corrected chi connectivity index (χ4v) is 3.34. The van der Waals surface area contributed by atoms with E-state index >= 15 is 0 Å². The number of hydrogen-bond acceptors (Lipinski definition) is 8. The Morgan fingerprint density at radius 2 is 1.40 bits per heavy atom. The Labute approximate surface area is 208 Å². The quantitative estimate of drug-likeness (QED) is 0.147. The van der Waals surface area contributed by atoms with Crippen molar-refractivity contribution in [3.05, 3.63) is 29.8 Å². The zero-order valence-electron chi connectivity index (χ0n) is 19.4. The second kappa shape index (κ2) is 14.2. The van der Waals surface area contributed by atoms with Crippen LogP contribution in [0.15, 0.2) is 24.3 Å². The lowest BCUT2D eigenvalue weighted by atomic mass is 10.0. The van der Waals surface area contributed by atoms with Crippen molar-refractivity contribution in [2.24, 2.45) is 11.7 Å². The second-order valence-corrected chi connectivity index (χ2v) is 8.77. The highest BCUT2D eigenvalue weighted by Gasteiger charge is 2.30. The zero-order chi connectivity index (χ0) is 26.7. The van der Waals surface area contributed by atoms with E-state index in [-0.39, 0.29) is 23.8 Å². The SMILES string of the molecule is CC(C)CC(N)C(=O)NC(Cc1ccc(O)cc1)C(=O)NC(CS)C(=O)NC(CC(=O)O)C(=O)O. The smallest absolute Gasteiger partial charge is 0.326 e. The van der Waals surface area contributed by atoms with Gasteiger partial charge in [-0.3, -0.25) is 19.2 Å². The predicted molar refractivity (Wildman–Crippen MR) is 129 cm³/mol. The molecule has 1 rings (SSSR count). The summed E-state index contributed by atoms with van der Waals surface area (Å²) in [5, 5.41) is 34.5. The molecule has 3 amide bonds. The van der Waals surface area contributed by atoms with Crippen LogP contribution in [-0.4, -0.2) is 74.9 Å². The zero-order valence-corrected chi connectivity index (χ0v) is 20.3. The monoisotopic (exact) mass is 512 g/mol. The molecule has 4 atom stereocenters. The third-order valence-electron chi connectivity index (χ3n) is 4.88. The second-order valence-electron chi connectivity index (χ2n) is 8.41. The van der Waals surface area contributed by atoms with Crippen molar-refractivity contribution in [2.45, 2.75) is 57.3 Å². The number of phenolic OH excluding ortho intramolecular Hbond substituents is 1. The molecule has 13 heteroatoms. The van der Waals surface area contributed by atoms with Crippen LogP contribution in [0, 0.1) is 5.92 Å². The van der Waals surface area contributed by atoms with E-state index in [1.54, 1.807) is 12.1 Å². The fourth-order valence-electron chi connectivity index (χ4n) is 3.08. The van der Waals surface area contributed by atoms with Crippen LogP contribution in [-0.2, 0) is 30.4 Å². The minimum atomic E-state index is -1.71. The molecule has 0 aliphatic rings. The van der Waals surface area contributed by atoms with Crippen molar-refractivity contribution in [1.82, 2.24) is 16.0 Å². The molecule has 8 N–H and O–H groups in total. The van der Waals surface area contributed by atoms with E-state index in [1.165, 1.54) is 12.1 Å². The lowest BCUT2D eigenvalue weighted by Gasteiger charge is -2.24. The molecule has 0 aromatic heterocycles. The number of rotatable bonds is 14. The van der Waals surface area contributed by atoms with Gasteiger partial charge in [0, 0.05) is 12.2 Å². The minimum absolute atomic E-state index is 0.00390. The van der Waals surface area contributed by atoms with Crippen molar-refractivity contribution in [3.8, 4) is 5.75 Å². The normalized spacial score (nSPS) is 14.3. The number of benzene rings is 1. The largest absolute Gasteiger partial charge is 0.508 e. The number of hydrogen-bond donors (Lipinski definition) is 8. The summed E-state index contributed by atoms with van der Waals surface area (Å²) < 4.78 is 0. The van der Waals surface area contributed by atoms with Crippen LogP contribution in [0.5, 0.6) is 5.75 Å². The molecule has 0 saturated heterocycles. The Morgan fingerprint density at radius 1 is 0.886 bits per heavy atom. The van der Waals surface area contributed by atoms with Crippen LogP contribution in [0.4, 0.5) is 0 Å². The first-order chi connectivity index (χ1) is 16.3. The number of thiol groups is 1. The fraction of sp³-hybridized carbons (Fsp3) is 0.500. The van der Waals surface area contributed by atoms with Crippen LogP contribution in [0.25, 0.3) is 0 Å². The molecule has 194 valence electrons. The van der Waals surface area contributed by atoms with Gasteiger partial charge in [-0.25, -0.2) is 4.79 Å². The van der Waals surface area contributed by atoms with Gasteiger partial charge in [0.05, 0.1) is 12.5 Å². The molecule has 0 bridgehead atoms. The highest BCUT2D eigenvalue weighted by atomic mass is 32.1. The van der Waals surface area contributed by atoms with Crippen LogP contribution in [0.3, 0.4) is 0 Å². The van der Waals surface area contributed by atoms with Crippen molar-refractivity contribution in [2.75, 3.05) is 5.75 Å². The van der Waals surface area contributed by atoms with Crippen LogP contribution in [0.1, 0.15) is 32.3 Å². The standard InChI is InChI=1S/C22H32N4O8S/c1-11(2)7-14(23)19(30)24-15(8-12-3-5-13(27)6-4-12)20(31)26-17(10-35)21(32)25-16(22(33)34)9-18(28)29/h3-6,11,14-17,27,35H,7-10,23H2,1-2H3,(H,24,30)(H,25,32)(H,26,31)(H,28,29)(H,33,34). The summed E-state index contributed by atoms with van der Waals surface area (Å²) in [4.78, 5) is 60.2. The molecule has 0 aliphatic heterocycles. The number of phenols is 1. The molecule has 35 heavy (non-hydrogen) atoms. The predicted octanol–water partition coefficient (Wildman–Crippen LogP) is -0.748. The van der Waals surface area contributed by atoms with E-state index in [0.717, 1.165) is 0 Å². The molecule has 12 nitrogen and oxygen atoms in total. The van der Waals surface area contributed by atoms with Gasteiger partial charge < -0.3 is 37.0 Å². The van der Waals surface area contributed by atoms with E-state index in [4.69, 9.17) is 15.9 Å². The summed E-state index contributed by atoms with van der Waals surface area (Å²) in [6.07, 6.45) is -0.479. The number of carbonyl (C=O) groups excluding carboxylic acids is 3. The maximum absolute atomic E-state index is 13.0. The first-order valence-electron chi connectivity index (χ1n) is 10.8. The molecule has 0 fully saturated rings. The van der Waals surface area contributed by atoms with Crippen molar-refractivity contribution in [1.29, 1.82) is 0 Å². The number of carboxylic acid groups (broad SMARTS) is 2. The van der Waals surface area contributed by atoms with Gasteiger partial charge in [0.1, 0.15) is 23.9 Å². The van der Waals surface area contributed by atoms with Gasteiger partial charge in [-0.05, 0) is 30.0 Å². The van der Waals surface area contributed by atoms with Crippen LogP contribution >= 0.6 is 12.6 Å². The Bertz CT molecular complexity index is 909. The molecule has 0 saturated carbocycles. The van der Waals surface area contributed by atoms with E-state index in [1.807, 2.05) is 13.8 Å². The Hall–Kier alpha value is -3.32. The molecule has 0 radical (unpaired) electrons. The third kappa shape index (κ3) is 10.6. The average molecular weight is 513 g/mol. The Morgan fingerprint density at radius 3 is 1.89 bits per heavy atom. The van der Waals surface area contributed by atoms with Gasteiger partial charge in [0.2, 0.25) is 17.7 Å². The number of aromatic hydroxyl groups is 1. The third-order valence-corrected chi connectivity index (χ3v) is 5.25. The molecular weight excluding hydrogens is 480 g/mol. The minimum Gasteiger partial charge on any atom is -0.508 e. The molecule has 1 aromatic rings. The van der Waals surface area contributed by atoms with Crippen molar-refractivity contribution in [3.63, 3.8) is 0 Å². The summed E-state index contributed by atoms with van der Waals surface area (Å²) in [7, 11) is 0. The molecule has 0 spiro atoms. The van der Waals surface area contributed by atoms with Gasteiger partial charge in [-0.1, -0.05) is 26.0 Å². The summed E-state index contributed by atoms with van der Waals surface area (Å²) >= 11 is 4.02. The first kappa shape index (κ1) is 29.7. The van der Waals surface area contributed by atoms with E-state index in [9.17, 15) is 29.1 Å². The number of nitrogens with one attached hydrogen (secondary N) is 3. The molecule has 0 aliphatic carbocycles. The van der Waals surface area contributed by atoms with E-state index < -0.39 is 60.2 Å². The van der Waals surface area contributed by atoms with Gasteiger partial charge in [0.15, 0.2) is 0 Å². The highest BCUT2D eigenvalue weighted by molar-refractivity contribution is 7.80. The maximum Gasteiger partial charge on any atom is 0.326 e. The van der Waals surface area contributed by atoms with Crippen LogP contribution < -0.4 is 21.7 Å². The lowest BCUT2D eigenvalue weighted by molar-refractivity contribution is -0.147. The van der Waals surface area contributed by atoms with Gasteiger partial charge in [-0.2, -0.15) is 12.6 Å². The lowest BCUT2D eigenvalue weighted by Crippen LogP contribution is -2.58. The number of nitrogens with two attached hydrogens (primary N) is 1. The summed E-state index contributed by atoms with van der Waals surface area (Å²) in [5.74, 6) is -5.36.